The summed E-state index contributed by atoms with van der Waals surface area (Å²) in [6.07, 6.45) is 1.20. The molecular formula is C20H30N6O3. The first-order valence-electron chi connectivity index (χ1n) is 9.91. The fraction of sp³-hybridized carbons (Fsp3) is 0.550. The Morgan fingerprint density at radius 2 is 2.03 bits per heavy atom. The maximum Gasteiger partial charge on any atom is 0.191 e. The second kappa shape index (κ2) is 9.60. The van der Waals surface area contributed by atoms with Crippen LogP contribution in [0.3, 0.4) is 0 Å². The minimum Gasteiger partial charge on any atom is -0.497 e. The Hall–Kier alpha value is -2.81. The van der Waals surface area contributed by atoms with Crippen molar-refractivity contribution in [2.24, 2.45) is 4.99 Å². The zero-order chi connectivity index (χ0) is 20.8. The summed E-state index contributed by atoms with van der Waals surface area (Å²) in [6.45, 7) is 5.71. The third-order valence-electron chi connectivity index (χ3n) is 4.82. The van der Waals surface area contributed by atoms with Crippen molar-refractivity contribution in [3.63, 3.8) is 0 Å². The fourth-order valence-electron chi connectivity index (χ4n) is 3.40. The standard InChI is InChI=1S/C20H30N6O3/c1-5-21-20(24-17-7-6-8-26-19(17)23-13(2)25-26)22-12-18(27)14-9-15(28-3)11-16(10-14)29-4/h9-11,17-18,27H,5-8,12H2,1-4H3,(H2,21,22,24). The first kappa shape index (κ1) is 20.9. The van der Waals surface area contributed by atoms with E-state index in [1.54, 1.807) is 32.4 Å². The molecule has 0 spiro atoms. The van der Waals surface area contributed by atoms with E-state index in [0.29, 0.717) is 29.6 Å². The first-order valence-corrected chi connectivity index (χ1v) is 9.91. The molecule has 0 bridgehead atoms. The van der Waals surface area contributed by atoms with Gasteiger partial charge in [-0.25, -0.2) is 9.67 Å². The molecule has 1 aromatic carbocycles. The Balaban J connectivity index is 1.73. The molecule has 2 atom stereocenters. The number of aryl methyl sites for hydroxylation is 2. The van der Waals surface area contributed by atoms with E-state index in [2.05, 4.69) is 25.7 Å². The van der Waals surface area contributed by atoms with Crippen LogP contribution in [0.25, 0.3) is 0 Å². The van der Waals surface area contributed by atoms with Gasteiger partial charge in [0.15, 0.2) is 5.96 Å². The summed E-state index contributed by atoms with van der Waals surface area (Å²) in [6, 6.07) is 5.38. The average Bonchev–Trinajstić information content (AvgIpc) is 3.12. The molecule has 1 aliphatic heterocycles. The van der Waals surface area contributed by atoms with Crippen molar-refractivity contribution in [3.8, 4) is 11.5 Å². The molecule has 9 nitrogen and oxygen atoms in total. The lowest BCUT2D eigenvalue weighted by atomic mass is 10.1. The van der Waals surface area contributed by atoms with E-state index in [1.807, 2.05) is 18.5 Å². The summed E-state index contributed by atoms with van der Waals surface area (Å²) < 4.78 is 12.5. The molecule has 0 fully saturated rings. The number of methoxy groups -OCH3 is 2. The van der Waals surface area contributed by atoms with Gasteiger partial charge < -0.3 is 25.2 Å². The quantitative estimate of drug-likeness (QED) is 0.478. The number of rotatable bonds is 7. The number of benzene rings is 1. The van der Waals surface area contributed by atoms with Crippen molar-refractivity contribution in [1.82, 2.24) is 25.4 Å². The van der Waals surface area contributed by atoms with Crippen molar-refractivity contribution in [2.75, 3.05) is 27.3 Å². The van der Waals surface area contributed by atoms with Gasteiger partial charge in [-0.15, -0.1) is 0 Å². The zero-order valence-electron chi connectivity index (χ0n) is 17.5. The number of guanidine groups is 1. The summed E-state index contributed by atoms with van der Waals surface area (Å²) in [5.41, 5.74) is 0.689. The van der Waals surface area contributed by atoms with Crippen LogP contribution in [0.4, 0.5) is 0 Å². The predicted molar refractivity (Wildman–Crippen MR) is 110 cm³/mol. The summed E-state index contributed by atoms with van der Waals surface area (Å²) in [5.74, 6) is 3.60. The van der Waals surface area contributed by atoms with Crippen LogP contribution in [0.5, 0.6) is 11.5 Å². The number of hydrogen-bond acceptors (Lipinski definition) is 6. The third kappa shape index (κ3) is 5.17. The molecule has 3 rings (SSSR count). The van der Waals surface area contributed by atoms with Crippen molar-refractivity contribution in [2.45, 2.75) is 45.4 Å². The monoisotopic (exact) mass is 402 g/mol. The van der Waals surface area contributed by atoms with Gasteiger partial charge in [0.25, 0.3) is 0 Å². The highest BCUT2D eigenvalue weighted by Crippen LogP contribution is 2.27. The summed E-state index contributed by atoms with van der Waals surface area (Å²) >= 11 is 0. The number of fused-ring (bicyclic) bond motifs is 1. The van der Waals surface area contributed by atoms with E-state index in [0.717, 1.165) is 31.0 Å². The van der Waals surface area contributed by atoms with Gasteiger partial charge in [-0.1, -0.05) is 0 Å². The number of nitrogens with one attached hydrogen (secondary N) is 2. The molecule has 29 heavy (non-hydrogen) atoms. The largest absolute Gasteiger partial charge is 0.497 e. The SMILES string of the molecule is CCNC(=NCC(O)c1cc(OC)cc(OC)c1)NC1CCCn2nc(C)nc21. The molecule has 0 saturated heterocycles. The van der Waals surface area contributed by atoms with E-state index < -0.39 is 6.10 Å². The van der Waals surface area contributed by atoms with E-state index in [9.17, 15) is 5.11 Å². The molecule has 0 saturated carbocycles. The van der Waals surface area contributed by atoms with Crippen LogP contribution >= 0.6 is 0 Å². The molecule has 2 aromatic rings. The number of hydrogen-bond donors (Lipinski definition) is 3. The number of aromatic nitrogens is 3. The van der Waals surface area contributed by atoms with Gasteiger partial charge in [-0.05, 0) is 44.4 Å². The van der Waals surface area contributed by atoms with Gasteiger partial charge in [0.05, 0.1) is 32.9 Å². The molecule has 2 heterocycles. The lowest BCUT2D eigenvalue weighted by Gasteiger charge is -2.25. The summed E-state index contributed by atoms with van der Waals surface area (Å²) in [7, 11) is 3.17. The number of aliphatic imine (C=N–C) groups is 1. The normalized spacial score (nSPS) is 17.4. The smallest absolute Gasteiger partial charge is 0.191 e. The van der Waals surface area contributed by atoms with Crippen molar-refractivity contribution < 1.29 is 14.6 Å². The second-order valence-corrected chi connectivity index (χ2v) is 6.96. The van der Waals surface area contributed by atoms with Crippen LogP contribution in [0, 0.1) is 6.92 Å². The number of aliphatic hydroxyl groups excluding tert-OH is 1. The van der Waals surface area contributed by atoms with Gasteiger partial charge in [0, 0.05) is 19.2 Å². The molecule has 0 aliphatic carbocycles. The highest BCUT2D eigenvalue weighted by atomic mass is 16.5. The van der Waals surface area contributed by atoms with Crippen molar-refractivity contribution in [1.29, 1.82) is 0 Å². The predicted octanol–water partition coefficient (Wildman–Crippen LogP) is 1.73. The molecule has 2 unspecified atom stereocenters. The highest BCUT2D eigenvalue weighted by Gasteiger charge is 2.24. The molecule has 1 aliphatic rings. The Kier molecular flexibility index (Phi) is 6.92. The molecule has 0 radical (unpaired) electrons. The zero-order valence-corrected chi connectivity index (χ0v) is 17.5. The highest BCUT2D eigenvalue weighted by molar-refractivity contribution is 5.80. The lowest BCUT2D eigenvalue weighted by molar-refractivity contribution is 0.186. The van der Waals surface area contributed by atoms with Crippen LogP contribution in [0.1, 0.15) is 49.1 Å². The molecule has 3 N–H and O–H groups in total. The maximum absolute atomic E-state index is 10.6. The third-order valence-corrected chi connectivity index (χ3v) is 4.82. The van der Waals surface area contributed by atoms with Crippen LogP contribution in [-0.2, 0) is 6.54 Å². The Bertz CT molecular complexity index is 828. The molecule has 9 heteroatoms. The lowest BCUT2D eigenvalue weighted by Crippen LogP contribution is -2.41. The van der Waals surface area contributed by atoms with Crippen molar-refractivity contribution >= 4 is 5.96 Å². The van der Waals surface area contributed by atoms with Crippen LogP contribution in [-0.4, -0.2) is 53.1 Å². The first-order chi connectivity index (χ1) is 14.0. The fourth-order valence-corrected chi connectivity index (χ4v) is 3.40. The van der Waals surface area contributed by atoms with Gasteiger partial charge in [-0.3, -0.25) is 4.99 Å². The van der Waals surface area contributed by atoms with Gasteiger partial charge >= 0.3 is 0 Å². The Labute approximate surface area is 171 Å². The summed E-state index contributed by atoms with van der Waals surface area (Å²) in [4.78, 5) is 9.14. The van der Waals surface area contributed by atoms with E-state index in [4.69, 9.17) is 9.47 Å². The second-order valence-electron chi connectivity index (χ2n) is 6.96. The van der Waals surface area contributed by atoms with Gasteiger partial charge in [0.2, 0.25) is 0 Å². The van der Waals surface area contributed by atoms with Crippen LogP contribution < -0.4 is 20.1 Å². The Morgan fingerprint density at radius 3 is 2.69 bits per heavy atom. The number of ether oxygens (including phenoxy) is 2. The van der Waals surface area contributed by atoms with E-state index in [1.165, 1.54) is 0 Å². The van der Waals surface area contributed by atoms with Crippen molar-refractivity contribution in [3.05, 3.63) is 35.4 Å². The average molecular weight is 402 g/mol. The van der Waals surface area contributed by atoms with Gasteiger partial charge in [-0.2, -0.15) is 5.10 Å². The van der Waals surface area contributed by atoms with E-state index >= 15 is 0 Å². The Morgan fingerprint density at radius 1 is 1.31 bits per heavy atom. The van der Waals surface area contributed by atoms with Crippen LogP contribution in [0.15, 0.2) is 23.2 Å². The number of aliphatic hydroxyl groups is 1. The molecular weight excluding hydrogens is 372 g/mol. The maximum atomic E-state index is 10.6. The number of nitrogens with zero attached hydrogens (tertiary/aromatic N) is 4. The van der Waals surface area contributed by atoms with Crippen LogP contribution in [0.2, 0.25) is 0 Å². The summed E-state index contributed by atoms with van der Waals surface area (Å²) in [5, 5.41) is 21.8. The topological polar surface area (TPSA) is 106 Å². The molecule has 1 aromatic heterocycles. The molecule has 158 valence electrons. The molecule has 0 amide bonds. The minimum absolute atomic E-state index is 0.0387. The van der Waals surface area contributed by atoms with Gasteiger partial charge in [0.1, 0.15) is 23.1 Å². The van der Waals surface area contributed by atoms with E-state index in [-0.39, 0.29) is 12.6 Å². The minimum atomic E-state index is -0.785.